The van der Waals surface area contributed by atoms with Crippen LogP contribution >= 0.6 is 0 Å². The molecule has 0 amide bonds. The first-order valence-corrected chi connectivity index (χ1v) is 7.93. The summed E-state index contributed by atoms with van der Waals surface area (Å²) in [5, 5.41) is 0. The van der Waals surface area contributed by atoms with E-state index in [4.69, 9.17) is 5.73 Å². The van der Waals surface area contributed by atoms with Gasteiger partial charge < -0.3 is 10.6 Å². The topological polar surface area (TPSA) is 29.3 Å². The van der Waals surface area contributed by atoms with E-state index in [1.54, 1.807) is 0 Å². The summed E-state index contributed by atoms with van der Waals surface area (Å²) in [4.78, 5) is 2.36. The molecule has 2 aromatic carbocycles. The Balaban J connectivity index is 1.95. The van der Waals surface area contributed by atoms with Crippen LogP contribution in [0, 0.1) is 0 Å². The zero-order valence-electron chi connectivity index (χ0n) is 12.5. The third-order valence-electron chi connectivity index (χ3n) is 5.29. The van der Waals surface area contributed by atoms with E-state index in [1.165, 1.54) is 28.9 Å². The number of benzene rings is 2. The van der Waals surface area contributed by atoms with Crippen molar-refractivity contribution in [3.63, 3.8) is 0 Å². The van der Waals surface area contributed by atoms with Crippen molar-refractivity contribution in [3.05, 3.63) is 59.7 Å². The smallest absolute Gasteiger partial charge is 0.0443 e. The maximum Gasteiger partial charge on any atom is 0.0443 e. The summed E-state index contributed by atoms with van der Waals surface area (Å²) < 4.78 is 0. The minimum Gasteiger partial charge on any atom is -0.344 e. The molecule has 2 nitrogen and oxygen atoms in total. The summed E-state index contributed by atoms with van der Waals surface area (Å²) >= 11 is 0. The molecule has 0 aromatic heterocycles. The van der Waals surface area contributed by atoms with Crippen LogP contribution in [0.3, 0.4) is 0 Å². The lowest BCUT2D eigenvalue weighted by atomic mass is 9.71. The van der Waals surface area contributed by atoms with Crippen LogP contribution in [0.5, 0.6) is 0 Å². The Hall–Kier alpha value is -1.80. The van der Waals surface area contributed by atoms with Crippen LogP contribution in [0.15, 0.2) is 48.5 Å². The van der Waals surface area contributed by atoms with E-state index in [1.807, 2.05) is 0 Å². The fourth-order valence-corrected chi connectivity index (χ4v) is 4.26. The van der Waals surface area contributed by atoms with Gasteiger partial charge in [-0.25, -0.2) is 0 Å². The van der Waals surface area contributed by atoms with E-state index in [0.29, 0.717) is 17.9 Å². The molecule has 2 aromatic rings. The zero-order valence-corrected chi connectivity index (χ0v) is 12.5. The molecule has 1 saturated carbocycles. The first kappa shape index (κ1) is 12.9. The van der Waals surface area contributed by atoms with E-state index in [0.717, 1.165) is 12.8 Å². The van der Waals surface area contributed by atoms with Crippen LogP contribution < -0.4 is 10.6 Å². The molecular formula is C19H22N2. The highest BCUT2D eigenvalue weighted by Crippen LogP contribution is 2.52. The van der Waals surface area contributed by atoms with Gasteiger partial charge in [0.25, 0.3) is 0 Å². The van der Waals surface area contributed by atoms with Crippen LogP contribution in [0.2, 0.25) is 0 Å². The minimum absolute atomic E-state index is 0.342. The van der Waals surface area contributed by atoms with Crippen molar-refractivity contribution in [2.45, 2.75) is 37.1 Å². The number of nitrogens with zero attached hydrogens (tertiary/aromatic N) is 1. The molecule has 1 aliphatic carbocycles. The number of rotatable bonds is 0. The van der Waals surface area contributed by atoms with Crippen LogP contribution in [0.1, 0.15) is 42.2 Å². The molecule has 0 spiro atoms. The van der Waals surface area contributed by atoms with Gasteiger partial charge in [0, 0.05) is 24.5 Å². The lowest BCUT2D eigenvalue weighted by Crippen LogP contribution is -2.31. The average Bonchev–Trinajstić information content (AvgIpc) is 2.63. The second kappa shape index (κ2) is 4.88. The van der Waals surface area contributed by atoms with Crippen molar-refractivity contribution in [2.75, 3.05) is 11.9 Å². The molecule has 1 aliphatic heterocycles. The predicted molar refractivity (Wildman–Crippen MR) is 88.3 cm³/mol. The van der Waals surface area contributed by atoms with E-state index in [9.17, 15) is 0 Å². The first-order chi connectivity index (χ1) is 10.3. The van der Waals surface area contributed by atoms with Gasteiger partial charge in [-0.3, -0.25) is 0 Å². The number of para-hydroxylation sites is 2. The second-order valence-electron chi connectivity index (χ2n) is 6.46. The molecule has 1 heterocycles. The average molecular weight is 278 g/mol. The normalized spacial score (nSPS) is 27.3. The highest BCUT2D eigenvalue weighted by molar-refractivity contribution is 5.72. The first-order valence-electron chi connectivity index (χ1n) is 7.93. The Morgan fingerprint density at radius 2 is 1.43 bits per heavy atom. The van der Waals surface area contributed by atoms with Crippen LogP contribution in [0.25, 0.3) is 0 Å². The summed E-state index contributed by atoms with van der Waals surface area (Å²) in [5.41, 5.74) is 11.9. The third-order valence-corrected chi connectivity index (χ3v) is 5.29. The molecule has 1 fully saturated rings. The Labute approximate surface area is 126 Å². The van der Waals surface area contributed by atoms with Gasteiger partial charge in [0.05, 0.1) is 0 Å². The molecule has 3 unspecified atom stereocenters. The standard InChI is InChI=1S/C19H22N2/c1-21-18-8-4-2-6-15(18)14-11-10-13(20)12-17(14)16-7-3-5-9-19(16)21/h2-9,13-14,17H,10-12,20H2,1H3. The molecule has 2 heteroatoms. The van der Waals surface area contributed by atoms with Crippen LogP contribution in [-0.4, -0.2) is 13.1 Å². The quantitative estimate of drug-likeness (QED) is 0.784. The van der Waals surface area contributed by atoms with E-state index in [2.05, 4.69) is 60.5 Å². The van der Waals surface area contributed by atoms with Gasteiger partial charge in [-0.15, -0.1) is 0 Å². The maximum absolute atomic E-state index is 6.29. The predicted octanol–water partition coefficient (Wildman–Crippen LogP) is 4.15. The third kappa shape index (κ3) is 1.97. The summed E-state index contributed by atoms with van der Waals surface area (Å²) in [7, 11) is 2.19. The molecule has 108 valence electrons. The lowest BCUT2D eigenvalue weighted by Gasteiger charge is -2.34. The molecule has 3 atom stereocenters. The summed E-state index contributed by atoms with van der Waals surface area (Å²) in [6.07, 6.45) is 3.44. The minimum atomic E-state index is 0.342. The zero-order chi connectivity index (χ0) is 14.4. The molecule has 0 bridgehead atoms. The van der Waals surface area contributed by atoms with E-state index < -0.39 is 0 Å². The van der Waals surface area contributed by atoms with E-state index in [-0.39, 0.29) is 0 Å². The summed E-state index contributed by atoms with van der Waals surface area (Å²) in [6.45, 7) is 0. The van der Waals surface area contributed by atoms with Crippen LogP contribution in [0.4, 0.5) is 11.4 Å². The van der Waals surface area contributed by atoms with Crippen LogP contribution in [-0.2, 0) is 0 Å². The maximum atomic E-state index is 6.29. The van der Waals surface area contributed by atoms with Gasteiger partial charge in [0.1, 0.15) is 0 Å². The van der Waals surface area contributed by atoms with Gasteiger partial charge in [-0.1, -0.05) is 36.4 Å². The van der Waals surface area contributed by atoms with Crippen molar-refractivity contribution in [1.82, 2.24) is 0 Å². The fourth-order valence-electron chi connectivity index (χ4n) is 4.26. The SMILES string of the molecule is CN1c2ccccc2C2CCC(N)CC2c2ccccc21. The molecule has 2 N–H and O–H groups in total. The molecular weight excluding hydrogens is 256 g/mol. The number of anilines is 2. The molecule has 21 heavy (non-hydrogen) atoms. The number of nitrogens with two attached hydrogens (primary N) is 1. The molecule has 2 aliphatic rings. The Morgan fingerprint density at radius 1 is 0.857 bits per heavy atom. The van der Waals surface area contributed by atoms with Gasteiger partial charge in [0.15, 0.2) is 0 Å². The monoisotopic (exact) mass is 278 g/mol. The van der Waals surface area contributed by atoms with Gasteiger partial charge in [-0.2, -0.15) is 0 Å². The highest BCUT2D eigenvalue weighted by atomic mass is 15.1. The fraction of sp³-hybridized carbons (Fsp3) is 0.368. The number of fused-ring (bicyclic) bond motifs is 5. The largest absolute Gasteiger partial charge is 0.344 e. The van der Waals surface area contributed by atoms with Crippen molar-refractivity contribution in [3.8, 4) is 0 Å². The molecule has 0 radical (unpaired) electrons. The van der Waals surface area contributed by atoms with Crippen molar-refractivity contribution < 1.29 is 0 Å². The van der Waals surface area contributed by atoms with Gasteiger partial charge in [-0.05, 0) is 54.4 Å². The Morgan fingerprint density at radius 3 is 2.10 bits per heavy atom. The van der Waals surface area contributed by atoms with Gasteiger partial charge >= 0.3 is 0 Å². The molecule has 4 rings (SSSR count). The second-order valence-corrected chi connectivity index (χ2v) is 6.46. The lowest BCUT2D eigenvalue weighted by molar-refractivity contribution is 0.349. The van der Waals surface area contributed by atoms with Crippen molar-refractivity contribution in [2.24, 2.45) is 5.73 Å². The van der Waals surface area contributed by atoms with E-state index >= 15 is 0 Å². The number of hydrogen-bond acceptors (Lipinski definition) is 2. The Bertz CT molecular complexity index is 664. The molecule has 0 saturated heterocycles. The summed E-state index contributed by atoms with van der Waals surface area (Å²) in [6, 6.07) is 18.1. The van der Waals surface area contributed by atoms with Gasteiger partial charge in [0.2, 0.25) is 0 Å². The highest BCUT2D eigenvalue weighted by Gasteiger charge is 2.36. The van der Waals surface area contributed by atoms with Crippen molar-refractivity contribution in [1.29, 1.82) is 0 Å². The van der Waals surface area contributed by atoms with Crippen molar-refractivity contribution >= 4 is 11.4 Å². The summed E-state index contributed by atoms with van der Waals surface area (Å²) in [5.74, 6) is 1.16. The number of hydrogen-bond donors (Lipinski definition) is 1. The Kier molecular flexibility index (Phi) is 3.00.